The van der Waals surface area contributed by atoms with E-state index >= 15 is 0 Å². The summed E-state index contributed by atoms with van der Waals surface area (Å²) in [6.45, 7) is 2.66. The summed E-state index contributed by atoms with van der Waals surface area (Å²) in [5.41, 5.74) is 0.720. The van der Waals surface area contributed by atoms with Crippen molar-refractivity contribution in [2.24, 2.45) is 0 Å². The first-order chi connectivity index (χ1) is 7.45. The lowest BCUT2D eigenvalue weighted by Crippen LogP contribution is -2.05. The van der Waals surface area contributed by atoms with E-state index in [1.54, 1.807) is 20.1 Å². The molecule has 0 unspecified atom stereocenters. The van der Waals surface area contributed by atoms with Crippen molar-refractivity contribution in [3.63, 3.8) is 0 Å². The second kappa shape index (κ2) is 5.52. The summed E-state index contributed by atoms with van der Waals surface area (Å²) in [7, 11) is 3.13. The van der Waals surface area contributed by atoms with Crippen LogP contribution >= 0.6 is 10.7 Å². The van der Waals surface area contributed by atoms with Crippen molar-refractivity contribution < 1.29 is 17.9 Å². The van der Waals surface area contributed by atoms with Gasteiger partial charge in [-0.3, -0.25) is 0 Å². The SMILES string of the molecule is COCCOc1ccc(S(=O)(=O)Cl)cc1C. The van der Waals surface area contributed by atoms with Crippen LogP contribution in [-0.4, -0.2) is 28.7 Å². The van der Waals surface area contributed by atoms with E-state index in [4.69, 9.17) is 20.2 Å². The maximum absolute atomic E-state index is 11.1. The molecule has 6 heteroatoms. The van der Waals surface area contributed by atoms with Crippen molar-refractivity contribution in [2.75, 3.05) is 20.3 Å². The van der Waals surface area contributed by atoms with Crippen molar-refractivity contribution in [3.8, 4) is 5.75 Å². The van der Waals surface area contributed by atoms with Crippen LogP contribution in [0, 0.1) is 6.92 Å². The van der Waals surface area contributed by atoms with Gasteiger partial charge in [-0.2, -0.15) is 0 Å². The topological polar surface area (TPSA) is 52.6 Å². The second-order valence-electron chi connectivity index (χ2n) is 3.21. The number of rotatable bonds is 5. The van der Waals surface area contributed by atoms with Crippen molar-refractivity contribution >= 4 is 19.7 Å². The number of hydrogen-bond acceptors (Lipinski definition) is 4. The summed E-state index contributed by atoms with van der Waals surface area (Å²) in [6.07, 6.45) is 0. The summed E-state index contributed by atoms with van der Waals surface area (Å²) in [5.74, 6) is 0.626. The van der Waals surface area contributed by atoms with Gasteiger partial charge in [0.1, 0.15) is 12.4 Å². The Labute approximate surface area is 99.6 Å². The first-order valence-electron chi connectivity index (χ1n) is 4.62. The van der Waals surface area contributed by atoms with Gasteiger partial charge in [0.15, 0.2) is 0 Å². The van der Waals surface area contributed by atoms with E-state index < -0.39 is 9.05 Å². The smallest absolute Gasteiger partial charge is 0.261 e. The highest BCUT2D eigenvalue weighted by atomic mass is 35.7. The highest BCUT2D eigenvalue weighted by Crippen LogP contribution is 2.23. The predicted molar refractivity (Wildman–Crippen MR) is 61.6 cm³/mol. The summed E-state index contributed by atoms with van der Waals surface area (Å²) >= 11 is 0. The van der Waals surface area contributed by atoms with Crippen LogP contribution in [0.2, 0.25) is 0 Å². The number of hydrogen-bond donors (Lipinski definition) is 0. The van der Waals surface area contributed by atoms with Crippen molar-refractivity contribution in [1.29, 1.82) is 0 Å². The van der Waals surface area contributed by atoms with Crippen LogP contribution in [0.15, 0.2) is 23.1 Å². The van der Waals surface area contributed by atoms with Gasteiger partial charge >= 0.3 is 0 Å². The summed E-state index contributed by atoms with van der Waals surface area (Å²) < 4.78 is 32.3. The average Bonchev–Trinajstić information content (AvgIpc) is 2.19. The molecule has 0 aliphatic heterocycles. The molecule has 0 aliphatic carbocycles. The Kier molecular flexibility index (Phi) is 4.58. The molecule has 0 amide bonds. The molecule has 90 valence electrons. The summed E-state index contributed by atoms with van der Waals surface area (Å²) in [4.78, 5) is 0.0748. The Morgan fingerprint density at radius 3 is 2.50 bits per heavy atom. The molecule has 1 aromatic rings. The van der Waals surface area contributed by atoms with E-state index in [0.717, 1.165) is 5.56 Å². The fourth-order valence-corrected chi connectivity index (χ4v) is 2.01. The molecule has 0 spiro atoms. The first kappa shape index (κ1) is 13.3. The molecule has 1 rings (SSSR count). The standard InChI is InChI=1S/C10H13ClO4S/c1-8-7-9(16(11,12)13)3-4-10(8)15-6-5-14-2/h3-4,7H,5-6H2,1-2H3. The van der Waals surface area contributed by atoms with Crippen molar-refractivity contribution in [2.45, 2.75) is 11.8 Å². The molecule has 0 aliphatic rings. The highest BCUT2D eigenvalue weighted by molar-refractivity contribution is 8.13. The lowest BCUT2D eigenvalue weighted by molar-refractivity contribution is 0.146. The van der Waals surface area contributed by atoms with Crippen LogP contribution < -0.4 is 4.74 Å². The van der Waals surface area contributed by atoms with Crippen LogP contribution in [0.25, 0.3) is 0 Å². The average molecular weight is 265 g/mol. The van der Waals surface area contributed by atoms with Gasteiger partial charge in [-0.1, -0.05) is 0 Å². The number of methoxy groups -OCH3 is 1. The fraction of sp³-hybridized carbons (Fsp3) is 0.400. The van der Waals surface area contributed by atoms with Crippen LogP contribution in [0.4, 0.5) is 0 Å². The first-order valence-corrected chi connectivity index (χ1v) is 6.93. The van der Waals surface area contributed by atoms with E-state index in [9.17, 15) is 8.42 Å². The molecule has 0 N–H and O–H groups in total. The Morgan fingerprint density at radius 1 is 1.31 bits per heavy atom. The van der Waals surface area contributed by atoms with Crippen LogP contribution in [0.5, 0.6) is 5.75 Å². The highest BCUT2D eigenvalue weighted by Gasteiger charge is 2.11. The molecule has 0 radical (unpaired) electrons. The van der Waals surface area contributed by atoms with E-state index in [1.807, 2.05) is 0 Å². The molecule has 0 aromatic heterocycles. The maximum Gasteiger partial charge on any atom is 0.261 e. The zero-order chi connectivity index (χ0) is 12.2. The lowest BCUT2D eigenvalue weighted by atomic mass is 10.2. The molecule has 0 atom stereocenters. The molecule has 0 fully saturated rings. The monoisotopic (exact) mass is 264 g/mol. The summed E-state index contributed by atoms with van der Waals surface area (Å²) in [5, 5.41) is 0. The van der Waals surface area contributed by atoms with Crippen LogP contribution in [0.1, 0.15) is 5.56 Å². The minimum Gasteiger partial charge on any atom is -0.491 e. The summed E-state index contributed by atoms with van der Waals surface area (Å²) in [6, 6.07) is 4.47. The Hall–Kier alpha value is -0.780. The molecule has 0 saturated carbocycles. The van der Waals surface area contributed by atoms with Gasteiger partial charge in [0.05, 0.1) is 11.5 Å². The van der Waals surface area contributed by atoms with Gasteiger partial charge in [0.2, 0.25) is 0 Å². The molecule has 4 nitrogen and oxygen atoms in total. The number of ether oxygens (including phenoxy) is 2. The Balaban J connectivity index is 2.84. The Bertz CT molecular complexity index is 456. The second-order valence-corrected chi connectivity index (χ2v) is 5.77. The van der Waals surface area contributed by atoms with E-state index in [-0.39, 0.29) is 4.90 Å². The van der Waals surface area contributed by atoms with Gasteiger partial charge in [-0.15, -0.1) is 0 Å². The van der Waals surface area contributed by atoms with Crippen molar-refractivity contribution in [3.05, 3.63) is 23.8 Å². The molecular formula is C10H13ClO4S. The number of aryl methyl sites for hydroxylation is 1. The minimum absolute atomic E-state index is 0.0748. The quantitative estimate of drug-likeness (QED) is 0.603. The molecule has 16 heavy (non-hydrogen) atoms. The molecular weight excluding hydrogens is 252 g/mol. The molecule has 0 saturated heterocycles. The Morgan fingerprint density at radius 2 is 2.00 bits per heavy atom. The lowest BCUT2D eigenvalue weighted by Gasteiger charge is -2.09. The van der Waals surface area contributed by atoms with Gasteiger partial charge in [0, 0.05) is 17.8 Å². The van der Waals surface area contributed by atoms with E-state index in [1.165, 1.54) is 12.1 Å². The zero-order valence-electron chi connectivity index (χ0n) is 9.07. The third-order valence-electron chi connectivity index (χ3n) is 1.97. The normalized spacial score (nSPS) is 11.4. The predicted octanol–water partition coefficient (Wildman–Crippen LogP) is 1.95. The fourth-order valence-electron chi connectivity index (χ4n) is 1.17. The molecule has 1 aromatic carbocycles. The zero-order valence-corrected chi connectivity index (χ0v) is 10.6. The molecule has 0 bridgehead atoms. The van der Waals surface area contributed by atoms with Crippen LogP contribution in [-0.2, 0) is 13.8 Å². The molecule has 0 heterocycles. The van der Waals surface area contributed by atoms with Gasteiger partial charge in [0.25, 0.3) is 9.05 Å². The van der Waals surface area contributed by atoms with Gasteiger partial charge in [-0.25, -0.2) is 8.42 Å². The van der Waals surface area contributed by atoms with Crippen LogP contribution in [0.3, 0.4) is 0 Å². The largest absolute Gasteiger partial charge is 0.491 e. The van der Waals surface area contributed by atoms with Gasteiger partial charge in [-0.05, 0) is 30.7 Å². The van der Waals surface area contributed by atoms with Crippen molar-refractivity contribution in [1.82, 2.24) is 0 Å². The third-order valence-corrected chi connectivity index (χ3v) is 3.32. The number of benzene rings is 1. The third kappa shape index (κ3) is 3.66. The van der Waals surface area contributed by atoms with Gasteiger partial charge < -0.3 is 9.47 Å². The van der Waals surface area contributed by atoms with E-state index in [2.05, 4.69) is 0 Å². The van der Waals surface area contributed by atoms with E-state index in [0.29, 0.717) is 19.0 Å². The maximum atomic E-state index is 11.1. The minimum atomic E-state index is -3.68. The number of halogens is 1.